The molecule has 0 aliphatic rings. The average Bonchev–Trinajstić information content (AvgIpc) is 2.72. The Morgan fingerprint density at radius 1 is 1.13 bits per heavy atom. The summed E-state index contributed by atoms with van der Waals surface area (Å²) in [6.07, 6.45) is 0.837. The number of thioether (sulfide) groups is 1. The second-order valence-corrected chi connectivity index (χ2v) is 8.98. The van der Waals surface area contributed by atoms with E-state index in [0.29, 0.717) is 17.3 Å². The molecule has 2 aromatic carbocycles. The molecule has 4 nitrogen and oxygen atoms in total. The highest BCUT2D eigenvalue weighted by atomic mass is 35.5. The fourth-order valence-electron chi connectivity index (χ4n) is 3.00. The smallest absolute Gasteiger partial charge is 0.242 e. The van der Waals surface area contributed by atoms with E-state index < -0.39 is 6.04 Å². The lowest BCUT2D eigenvalue weighted by Gasteiger charge is -2.30. The van der Waals surface area contributed by atoms with E-state index in [1.807, 2.05) is 38.1 Å². The molecule has 0 saturated carbocycles. The normalized spacial score (nSPS) is 12.8. The lowest BCUT2D eigenvalue weighted by Crippen LogP contribution is -2.50. The summed E-state index contributed by atoms with van der Waals surface area (Å²) in [6, 6.07) is 15.2. The molecule has 0 radical (unpaired) electrons. The Balaban J connectivity index is 2.09. The Morgan fingerprint density at radius 3 is 2.53 bits per heavy atom. The van der Waals surface area contributed by atoms with E-state index in [2.05, 4.69) is 30.4 Å². The monoisotopic (exact) mass is 446 g/mol. The van der Waals surface area contributed by atoms with Gasteiger partial charge in [0.1, 0.15) is 6.04 Å². The summed E-state index contributed by atoms with van der Waals surface area (Å²) in [4.78, 5) is 27.4. The molecular formula is C24H31ClN2O2S. The van der Waals surface area contributed by atoms with Crippen LogP contribution in [0.5, 0.6) is 0 Å². The fraction of sp³-hybridized carbons (Fsp3) is 0.417. The van der Waals surface area contributed by atoms with Crippen molar-refractivity contribution in [2.75, 3.05) is 5.75 Å². The summed E-state index contributed by atoms with van der Waals surface area (Å²) in [5.74, 6) is 0.841. The lowest BCUT2D eigenvalue weighted by atomic mass is 10.1. The topological polar surface area (TPSA) is 49.4 Å². The zero-order valence-corrected chi connectivity index (χ0v) is 19.7. The van der Waals surface area contributed by atoms with Crippen LogP contribution in [-0.2, 0) is 21.9 Å². The molecule has 2 atom stereocenters. The number of nitrogens with one attached hydrogen (secondary N) is 1. The van der Waals surface area contributed by atoms with E-state index in [4.69, 9.17) is 11.6 Å². The molecule has 0 saturated heterocycles. The maximum Gasteiger partial charge on any atom is 0.242 e. The molecule has 0 bridgehead atoms. The predicted molar refractivity (Wildman–Crippen MR) is 127 cm³/mol. The summed E-state index contributed by atoms with van der Waals surface area (Å²) < 4.78 is 0. The summed E-state index contributed by atoms with van der Waals surface area (Å²) in [5.41, 5.74) is 3.22. The largest absolute Gasteiger partial charge is 0.352 e. The van der Waals surface area contributed by atoms with E-state index in [0.717, 1.165) is 17.7 Å². The zero-order chi connectivity index (χ0) is 22.1. The number of carbonyl (C=O) groups excluding carboxylic acids is 2. The molecule has 2 aromatic rings. The van der Waals surface area contributed by atoms with Gasteiger partial charge in [0.15, 0.2) is 0 Å². The van der Waals surface area contributed by atoms with Gasteiger partial charge < -0.3 is 10.2 Å². The van der Waals surface area contributed by atoms with Crippen LogP contribution in [0, 0.1) is 6.92 Å². The molecule has 0 aliphatic carbocycles. The minimum atomic E-state index is -0.581. The SMILES string of the molecule is CC[C@H](C)NC(=O)[C@@H](C)N(Cc1ccccc1Cl)C(=O)CSCc1cccc(C)c1. The number of benzene rings is 2. The summed E-state index contributed by atoms with van der Waals surface area (Å²) in [5, 5.41) is 3.58. The third-order valence-corrected chi connectivity index (χ3v) is 6.40. The molecule has 162 valence electrons. The molecule has 2 amide bonds. The first-order valence-electron chi connectivity index (χ1n) is 10.3. The van der Waals surface area contributed by atoms with Gasteiger partial charge in [0.2, 0.25) is 11.8 Å². The van der Waals surface area contributed by atoms with Gasteiger partial charge in [-0.1, -0.05) is 66.6 Å². The lowest BCUT2D eigenvalue weighted by molar-refractivity contribution is -0.138. The van der Waals surface area contributed by atoms with Gasteiger partial charge >= 0.3 is 0 Å². The standard InChI is InChI=1S/C24H31ClN2O2S/c1-5-18(3)26-24(29)19(4)27(14-21-11-6-7-12-22(21)25)23(28)16-30-15-20-10-8-9-17(2)13-20/h6-13,18-19H,5,14-16H2,1-4H3,(H,26,29)/t18-,19+/m0/s1. The van der Waals surface area contributed by atoms with Gasteiger partial charge in [0.25, 0.3) is 0 Å². The molecule has 30 heavy (non-hydrogen) atoms. The van der Waals surface area contributed by atoms with Crippen LogP contribution in [0.1, 0.15) is 43.9 Å². The minimum Gasteiger partial charge on any atom is -0.352 e. The third-order valence-electron chi connectivity index (χ3n) is 5.04. The summed E-state index contributed by atoms with van der Waals surface area (Å²) in [7, 11) is 0. The molecule has 0 aromatic heterocycles. The number of amides is 2. The first kappa shape index (κ1) is 24.3. The number of halogens is 1. The van der Waals surface area contributed by atoms with Crippen molar-refractivity contribution in [3.63, 3.8) is 0 Å². The van der Waals surface area contributed by atoms with E-state index in [-0.39, 0.29) is 17.9 Å². The molecule has 0 heterocycles. The first-order valence-corrected chi connectivity index (χ1v) is 11.8. The van der Waals surface area contributed by atoms with Crippen molar-refractivity contribution < 1.29 is 9.59 Å². The van der Waals surface area contributed by atoms with Crippen LogP contribution in [0.2, 0.25) is 5.02 Å². The van der Waals surface area contributed by atoms with Crippen molar-refractivity contribution >= 4 is 35.2 Å². The second-order valence-electron chi connectivity index (χ2n) is 7.59. The van der Waals surface area contributed by atoms with Gasteiger partial charge in [0, 0.05) is 23.4 Å². The minimum absolute atomic E-state index is 0.0629. The number of hydrogen-bond donors (Lipinski definition) is 1. The van der Waals surface area contributed by atoms with Crippen molar-refractivity contribution in [1.29, 1.82) is 0 Å². The summed E-state index contributed by atoms with van der Waals surface area (Å²) in [6.45, 7) is 8.12. The highest BCUT2D eigenvalue weighted by Gasteiger charge is 2.27. The molecule has 0 aliphatic heterocycles. The summed E-state index contributed by atoms with van der Waals surface area (Å²) >= 11 is 7.88. The van der Waals surface area contributed by atoms with Crippen LogP contribution >= 0.6 is 23.4 Å². The van der Waals surface area contributed by atoms with Gasteiger partial charge in [0.05, 0.1) is 5.75 Å². The quantitative estimate of drug-likeness (QED) is 0.544. The highest BCUT2D eigenvalue weighted by molar-refractivity contribution is 7.99. The Kier molecular flexibility index (Phi) is 9.73. The van der Waals surface area contributed by atoms with Crippen LogP contribution in [0.25, 0.3) is 0 Å². The van der Waals surface area contributed by atoms with Gasteiger partial charge in [-0.05, 0) is 44.4 Å². The van der Waals surface area contributed by atoms with Crippen molar-refractivity contribution in [3.05, 3.63) is 70.2 Å². The molecule has 0 unspecified atom stereocenters. The molecular weight excluding hydrogens is 416 g/mol. The molecule has 2 rings (SSSR count). The number of rotatable bonds is 10. The Morgan fingerprint density at radius 2 is 1.87 bits per heavy atom. The van der Waals surface area contributed by atoms with Crippen molar-refractivity contribution in [3.8, 4) is 0 Å². The van der Waals surface area contributed by atoms with Crippen molar-refractivity contribution in [2.24, 2.45) is 0 Å². The molecule has 0 spiro atoms. The highest BCUT2D eigenvalue weighted by Crippen LogP contribution is 2.20. The van der Waals surface area contributed by atoms with Crippen molar-refractivity contribution in [1.82, 2.24) is 10.2 Å². The number of carbonyl (C=O) groups is 2. The number of nitrogens with zero attached hydrogens (tertiary/aromatic N) is 1. The van der Waals surface area contributed by atoms with Crippen LogP contribution < -0.4 is 5.32 Å². The Labute approximate surface area is 189 Å². The van der Waals surface area contributed by atoms with E-state index in [1.54, 1.807) is 29.7 Å². The first-order chi connectivity index (χ1) is 14.3. The number of hydrogen-bond acceptors (Lipinski definition) is 3. The van der Waals surface area contributed by atoms with Crippen LogP contribution in [0.4, 0.5) is 0 Å². The molecule has 1 N–H and O–H groups in total. The van der Waals surface area contributed by atoms with E-state index in [1.165, 1.54) is 11.1 Å². The van der Waals surface area contributed by atoms with E-state index >= 15 is 0 Å². The average molecular weight is 447 g/mol. The van der Waals surface area contributed by atoms with Gasteiger partial charge in [-0.3, -0.25) is 9.59 Å². The zero-order valence-electron chi connectivity index (χ0n) is 18.2. The second kappa shape index (κ2) is 12.0. The molecule has 6 heteroatoms. The predicted octanol–water partition coefficient (Wildman–Crippen LogP) is 5.21. The maximum absolute atomic E-state index is 13.1. The van der Waals surface area contributed by atoms with Crippen LogP contribution in [0.3, 0.4) is 0 Å². The van der Waals surface area contributed by atoms with Gasteiger partial charge in [-0.2, -0.15) is 0 Å². The third kappa shape index (κ3) is 7.37. The Hall–Kier alpha value is -1.98. The van der Waals surface area contributed by atoms with Gasteiger partial charge in [-0.15, -0.1) is 11.8 Å². The Bertz CT molecular complexity index is 859. The number of aryl methyl sites for hydroxylation is 1. The van der Waals surface area contributed by atoms with Crippen LogP contribution in [-0.4, -0.2) is 34.6 Å². The van der Waals surface area contributed by atoms with Gasteiger partial charge in [-0.25, -0.2) is 0 Å². The van der Waals surface area contributed by atoms with Crippen LogP contribution in [0.15, 0.2) is 48.5 Å². The van der Waals surface area contributed by atoms with E-state index in [9.17, 15) is 9.59 Å². The maximum atomic E-state index is 13.1. The fourth-order valence-corrected chi connectivity index (χ4v) is 4.05. The van der Waals surface area contributed by atoms with Crippen molar-refractivity contribution in [2.45, 2.75) is 58.5 Å². The molecule has 0 fully saturated rings.